The van der Waals surface area contributed by atoms with E-state index in [0.717, 1.165) is 0 Å². The molecular weight excluding hydrogens is 256 g/mol. The summed E-state index contributed by atoms with van der Waals surface area (Å²) < 4.78 is 31.4. The van der Waals surface area contributed by atoms with E-state index in [0.29, 0.717) is 17.3 Å². The summed E-state index contributed by atoms with van der Waals surface area (Å²) in [7, 11) is -3.58. The van der Waals surface area contributed by atoms with Crippen LogP contribution < -0.4 is 10.5 Å². The monoisotopic (exact) mass is 270 g/mol. The van der Waals surface area contributed by atoms with Gasteiger partial charge in [0.05, 0.1) is 17.6 Å². The fraction of sp³-hybridized carbons (Fsp3) is 0.300. The average molecular weight is 270 g/mol. The second kappa shape index (κ2) is 4.92. The lowest BCUT2D eigenvalue weighted by atomic mass is 10.4. The van der Waals surface area contributed by atoms with E-state index in [9.17, 15) is 8.42 Å². The van der Waals surface area contributed by atoms with Gasteiger partial charge in [0.1, 0.15) is 5.76 Å². The normalized spacial score (nSPS) is 11.9. The number of nitrogens with one attached hydrogen (secondary N) is 2. The van der Waals surface area contributed by atoms with Gasteiger partial charge in [-0.1, -0.05) is 0 Å². The van der Waals surface area contributed by atoms with Crippen LogP contribution in [-0.2, 0) is 23.1 Å². The number of sulfonamides is 1. The van der Waals surface area contributed by atoms with Crippen LogP contribution in [0.3, 0.4) is 0 Å². The minimum absolute atomic E-state index is 0.0132. The molecule has 0 aliphatic rings. The zero-order valence-corrected chi connectivity index (χ0v) is 10.6. The van der Waals surface area contributed by atoms with E-state index < -0.39 is 10.0 Å². The van der Waals surface area contributed by atoms with Gasteiger partial charge in [-0.3, -0.25) is 0 Å². The lowest BCUT2D eigenvalue weighted by Gasteiger charge is -2.01. The predicted molar refractivity (Wildman–Crippen MR) is 63.9 cm³/mol. The molecule has 18 heavy (non-hydrogen) atoms. The first-order chi connectivity index (χ1) is 8.51. The van der Waals surface area contributed by atoms with Gasteiger partial charge in [0.2, 0.25) is 15.9 Å². The van der Waals surface area contributed by atoms with Gasteiger partial charge in [-0.25, -0.2) is 18.1 Å². The molecule has 7 nitrogen and oxygen atoms in total. The van der Waals surface area contributed by atoms with Crippen molar-refractivity contribution in [1.29, 1.82) is 0 Å². The Hall–Kier alpha value is -1.64. The molecule has 0 unspecified atom stereocenters. The average Bonchev–Trinajstić information content (AvgIpc) is 2.95. The summed E-state index contributed by atoms with van der Waals surface area (Å²) in [6, 6.07) is 1.49. The quantitative estimate of drug-likeness (QED) is 0.720. The molecule has 8 heteroatoms. The Bertz CT molecular complexity index is 629. The molecule has 0 atom stereocenters. The van der Waals surface area contributed by atoms with Gasteiger partial charge in [-0.2, -0.15) is 0 Å². The van der Waals surface area contributed by atoms with Gasteiger partial charge in [0, 0.05) is 18.4 Å². The number of aromatic nitrogens is 2. The van der Waals surface area contributed by atoms with E-state index in [4.69, 9.17) is 10.2 Å². The molecule has 0 spiro atoms. The third kappa shape index (κ3) is 2.78. The van der Waals surface area contributed by atoms with Gasteiger partial charge in [-0.05, 0) is 13.0 Å². The highest BCUT2D eigenvalue weighted by Crippen LogP contribution is 2.11. The van der Waals surface area contributed by atoms with Crippen LogP contribution in [0.15, 0.2) is 27.8 Å². The van der Waals surface area contributed by atoms with Crippen LogP contribution in [0.25, 0.3) is 0 Å². The molecule has 2 heterocycles. The van der Waals surface area contributed by atoms with Crippen molar-refractivity contribution in [3.63, 3.8) is 0 Å². The summed E-state index contributed by atoms with van der Waals surface area (Å²) >= 11 is 0. The fourth-order valence-electron chi connectivity index (χ4n) is 1.42. The number of rotatable bonds is 5. The highest BCUT2D eigenvalue weighted by molar-refractivity contribution is 7.89. The Labute approximate surface area is 104 Å². The summed E-state index contributed by atoms with van der Waals surface area (Å²) in [4.78, 5) is 6.84. The molecule has 0 bridgehead atoms. The summed E-state index contributed by atoms with van der Waals surface area (Å²) in [6.45, 7) is 2.01. The lowest BCUT2D eigenvalue weighted by molar-refractivity contribution is 0.463. The van der Waals surface area contributed by atoms with Crippen LogP contribution in [0.5, 0.6) is 0 Å². The minimum atomic E-state index is -3.58. The van der Waals surface area contributed by atoms with Crippen molar-refractivity contribution in [3.8, 4) is 0 Å². The number of nitrogens with two attached hydrogens (primary N) is 1. The van der Waals surface area contributed by atoms with Crippen molar-refractivity contribution in [3.05, 3.63) is 35.8 Å². The van der Waals surface area contributed by atoms with Crippen molar-refractivity contribution in [2.75, 3.05) is 0 Å². The molecule has 0 aliphatic carbocycles. The molecule has 2 aromatic rings. The molecule has 0 aliphatic heterocycles. The second-order valence-corrected chi connectivity index (χ2v) is 5.52. The Morgan fingerprint density at radius 2 is 2.33 bits per heavy atom. The zero-order chi connectivity index (χ0) is 13.2. The molecule has 0 radical (unpaired) electrons. The molecule has 2 aromatic heterocycles. The van der Waals surface area contributed by atoms with Crippen molar-refractivity contribution in [1.82, 2.24) is 14.7 Å². The molecule has 2 rings (SSSR count). The van der Waals surface area contributed by atoms with E-state index >= 15 is 0 Å². The maximum absolute atomic E-state index is 11.9. The number of aromatic amines is 1. The van der Waals surface area contributed by atoms with Crippen LogP contribution in [0.1, 0.15) is 17.3 Å². The second-order valence-electron chi connectivity index (χ2n) is 3.75. The standard InChI is InChI=1S/C10H14N4O3S/c1-7-4-13-10(17-7)6-14-18(15,16)9-2-8(3-11)12-5-9/h2,4-5,12,14H,3,6,11H2,1H3. The number of hydrogen-bond donors (Lipinski definition) is 3. The van der Waals surface area contributed by atoms with E-state index in [-0.39, 0.29) is 18.0 Å². The lowest BCUT2D eigenvalue weighted by Crippen LogP contribution is -2.23. The molecule has 0 amide bonds. The summed E-state index contributed by atoms with van der Waals surface area (Å²) in [6.07, 6.45) is 2.93. The first-order valence-electron chi connectivity index (χ1n) is 5.29. The third-order valence-corrected chi connectivity index (χ3v) is 3.71. The molecule has 0 saturated carbocycles. The van der Waals surface area contributed by atoms with Gasteiger partial charge in [-0.15, -0.1) is 0 Å². The van der Waals surface area contributed by atoms with Gasteiger partial charge in [0.25, 0.3) is 0 Å². The summed E-state index contributed by atoms with van der Waals surface area (Å²) in [5.74, 6) is 0.960. The number of hydrogen-bond acceptors (Lipinski definition) is 5. The number of aryl methyl sites for hydroxylation is 1. The van der Waals surface area contributed by atoms with Crippen molar-refractivity contribution >= 4 is 10.0 Å². The maximum atomic E-state index is 11.9. The largest absolute Gasteiger partial charge is 0.445 e. The Morgan fingerprint density at radius 3 is 2.89 bits per heavy atom. The molecule has 0 aromatic carbocycles. The number of oxazole rings is 1. The summed E-state index contributed by atoms with van der Waals surface area (Å²) in [5.41, 5.74) is 6.06. The van der Waals surface area contributed by atoms with Gasteiger partial charge in [0.15, 0.2) is 0 Å². The Balaban J connectivity index is 2.07. The first-order valence-corrected chi connectivity index (χ1v) is 6.78. The van der Waals surface area contributed by atoms with E-state index in [2.05, 4.69) is 14.7 Å². The first kappa shape index (κ1) is 12.8. The van der Waals surface area contributed by atoms with Crippen molar-refractivity contribution < 1.29 is 12.8 Å². The smallest absolute Gasteiger partial charge is 0.242 e. The highest BCUT2D eigenvalue weighted by Gasteiger charge is 2.16. The fourth-order valence-corrected chi connectivity index (χ4v) is 2.41. The third-order valence-electron chi connectivity index (χ3n) is 2.33. The topological polar surface area (TPSA) is 114 Å². The van der Waals surface area contributed by atoms with Crippen LogP contribution >= 0.6 is 0 Å². The molecule has 98 valence electrons. The van der Waals surface area contributed by atoms with E-state index in [1.54, 1.807) is 6.92 Å². The zero-order valence-electron chi connectivity index (χ0n) is 9.80. The SMILES string of the molecule is Cc1cnc(CNS(=O)(=O)c2c[nH]c(CN)c2)o1. The Kier molecular flexibility index (Phi) is 3.50. The molecule has 4 N–H and O–H groups in total. The molecular formula is C10H14N4O3S. The van der Waals surface area contributed by atoms with Crippen LogP contribution in [0, 0.1) is 6.92 Å². The highest BCUT2D eigenvalue weighted by atomic mass is 32.2. The van der Waals surface area contributed by atoms with Crippen LogP contribution in [-0.4, -0.2) is 18.4 Å². The van der Waals surface area contributed by atoms with Gasteiger partial charge >= 0.3 is 0 Å². The van der Waals surface area contributed by atoms with Crippen molar-refractivity contribution in [2.24, 2.45) is 5.73 Å². The summed E-state index contributed by atoms with van der Waals surface area (Å²) in [5, 5.41) is 0. The van der Waals surface area contributed by atoms with Crippen molar-refractivity contribution in [2.45, 2.75) is 24.9 Å². The van der Waals surface area contributed by atoms with Gasteiger partial charge < -0.3 is 15.1 Å². The van der Waals surface area contributed by atoms with E-state index in [1.807, 2.05) is 0 Å². The number of nitrogens with zero attached hydrogens (tertiary/aromatic N) is 1. The maximum Gasteiger partial charge on any atom is 0.242 e. The Morgan fingerprint density at radius 1 is 1.56 bits per heavy atom. The van der Waals surface area contributed by atoms with Crippen LogP contribution in [0.2, 0.25) is 0 Å². The van der Waals surface area contributed by atoms with Crippen LogP contribution in [0.4, 0.5) is 0 Å². The van der Waals surface area contributed by atoms with E-state index in [1.165, 1.54) is 18.5 Å². The number of H-pyrrole nitrogens is 1. The molecule has 0 saturated heterocycles. The molecule has 0 fully saturated rings. The minimum Gasteiger partial charge on any atom is -0.445 e. The predicted octanol–water partition coefficient (Wildman–Crippen LogP) is 0.248.